The first-order valence-corrected chi connectivity index (χ1v) is 9.06. The Balaban J connectivity index is 2.87. The second-order valence-corrected chi connectivity index (χ2v) is 8.13. The Morgan fingerprint density at radius 3 is 2.38 bits per heavy atom. The molecule has 0 saturated carbocycles. The average Bonchev–Trinajstić information content (AvgIpc) is 2.38. The monoisotopic (exact) mass is 365 g/mol. The van der Waals surface area contributed by atoms with E-state index in [1.54, 1.807) is 13.8 Å². The Hall–Kier alpha value is -1.68. The molecule has 1 rings (SSSR count). The Kier molecular flexibility index (Phi) is 6.34. The van der Waals surface area contributed by atoms with Crippen LogP contribution in [0.4, 0.5) is 0 Å². The number of nitrogens with one attached hydrogen (secondary N) is 1. The number of carbonyl (C=O) groups is 3. The van der Waals surface area contributed by atoms with Gasteiger partial charge in [0, 0.05) is 18.4 Å². The van der Waals surface area contributed by atoms with Gasteiger partial charge in [0.2, 0.25) is 12.0 Å². The standard InChI is InChI=1S/C14H23NO8S/c1-8-12(17)23-11(13(18)22-8)14(3,4)7-10(15-9(2)16)5-6-24(19,20)21/h8,10-11H,5-7H2,1-4H3,(H,15,16)(H,19,20,21)/t8?,10?,11-/m0/s1. The van der Waals surface area contributed by atoms with Crippen LogP contribution in [0.25, 0.3) is 0 Å². The maximum absolute atomic E-state index is 12.0. The van der Waals surface area contributed by atoms with Gasteiger partial charge in [0.1, 0.15) is 0 Å². The summed E-state index contributed by atoms with van der Waals surface area (Å²) in [5.74, 6) is -2.28. The Labute approximate surface area is 140 Å². The maximum atomic E-state index is 12.0. The third-order valence-corrected chi connectivity index (χ3v) is 4.44. The van der Waals surface area contributed by atoms with E-state index < -0.39 is 51.5 Å². The molecule has 0 radical (unpaired) electrons. The van der Waals surface area contributed by atoms with Crippen LogP contribution in [0.2, 0.25) is 0 Å². The number of ether oxygens (including phenoxy) is 2. The highest BCUT2D eigenvalue weighted by atomic mass is 32.2. The molecule has 10 heteroatoms. The highest BCUT2D eigenvalue weighted by molar-refractivity contribution is 7.85. The Morgan fingerprint density at radius 1 is 1.29 bits per heavy atom. The van der Waals surface area contributed by atoms with Gasteiger partial charge in [-0.25, -0.2) is 9.59 Å². The third-order valence-electron chi connectivity index (χ3n) is 3.69. The van der Waals surface area contributed by atoms with Crippen molar-refractivity contribution in [1.29, 1.82) is 0 Å². The summed E-state index contributed by atoms with van der Waals surface area (Å²) in [6.45, 7) is 5.95. The lowest BCUT2D eigenvalue weighted by atomic mass is 9.79. The van der Waals surface area contributed by atoms with Crippen LogP contribution in [-0.2, 0) is 34.0 Å². The SMILES string of the molecule is CC(=O)NC(CCS(=O)(=O)O)CC(C)(C)[C@H]1OC(=O)C(C)OC1=O. The van der Waals surface area contributed by atoms with Crippen LogP contribution >= 0.6 is 0 Å². The molecule has 0 aromatic heterocycles. The molecule has 1 aliphatic rings. The van der Waals surface area contributed by atoms with Crippen molar-refractivity contribution in [2.75, 3.05) is 5.75 Å². The van der Waals surface area contributed by atoms with Gasteiger partial charge in [-0.2, -0.15) is 8.42 Å². The molecule has 0 aromatic rings. The molecule has 24 heavy (non-hydrogen) atoms. The topological polar surface area (TPSA) is 136 Å². The second-order valence-electron chi connectivity index (χ2n) is 6.56. The van der Waals surface area contributed by atoms with Crippen LogP contribution < -0.4 is 5.32 Å². The van der Waals surface area contributed by atoms with Crippen LogP contribution in [-0.4, -0.2) is 54.8 Å². The van der Waals surface area contributed by atoms with Crippen LogP contribution in [0.5, 0.6) is 0 Å². The highest BCUT2D eigenvalue weighted by Gasteiger charge is 2.46. The van der Waals surface area contributed by atoms with E-state index in [0.29, 0.717) is 0 Å². The fraction of sp³-hybridized carbons (Fsp3) is 0.786. The van der Waals surface area contributed by atoms with Gasteiger partial charge in [0.05, 0.1) is 5.75 Å². The summed E-state index contributed by atoms with van der Waals surface area (Å²) in [6, 6.07) is -0.634. The molecule has 2 N–H and O–H groups in total. The molecular weight excluding hydrogens is 342 g/mol. The predicted octanol–water partition coefficient (Wildman–Crippen LogP) is 0.0424. The van der Waals surface area contributed by atoms with Gasteiger partial charge in [-0.15, -0.1) is 0 Å². The number of carbonyl (C=O) groups excluding carboxylic acids is 3. The molecule has 1 heterocycles. The lowest BCUT2D eigenvalue weighted by molar-refractivity contribution is -0.202. The van der Waals surface area contributed by atoms with Crippen LogP contribution in [0.15, 0.2) is 0 Å². The number of rotatable bonds is 7. The van der Waals surface area contributed by atoms with E-state index in [1.165, 1.54) is 13.8 Å². The van der Waals surface area contributed by atoms with Crippen molar-refractivity contribution in [2.24, 2.45) is 5.41 Å². The largest absolute Gasteiger partial charge is 0.448 e. The van der Waals surface area contributed by atoms with Crippen molar-refractivity contribution < 1.29 is 36.8 Å². The van der Waals surface area contributed by atoms with Gasteiger partial charge in [0.15, 0.2) is 6.10 Å². The number of hydrogen-bond donors (Lipinski definition) is 2. The summed E-state index contributed by atoms with van der Waals surface area (Å²) in [5.41, 5.74) is -0.917. The molecule has 1 aliphatic heterocycles. The summed E-state index contributed by atoms with van der Waals surface area (Å²) in [5, 5.41) is 2.58. The molecule has 3 atom stereocenters. The van der Waals surface area contributed by atoms with E-state index in [2.05, 4.69) is 5.32 Å². The fourth-order valence-electron chi connectivity index (χ4n) is 2.57. The zero-order chi connectivity index (χ0) is 18.7. The van der Waals surface area contributed by atoms with Crippen molar-refractivity contribution in [2.45, 2.75) is 58.8 Å². The molecule has 0 bridgehead atoms. The fourth-order valence-corrected chi connectivity index (χ4v) is 3.15. The number of cyclic esters (lactones) is 2. The Bertz CT molecular complexity index is 612. The van der Waals surface area contributed by atoms with Crippen molar-refractivity contribution in [3.05, 3.63) is 0 Å². The van der Waals surface area contributed by atoms with Crippen molar-refractivity contribution in [3.8, 4) is 0 Å². The lowest BCUT2D eigenvalue weighted by Gasteiger charge is -2.38. The van der Waals surface area contributed by atoms with Gasteiger partial charge in [-0.3, -0.25) is 9.35 Å². The first-order chi connectivity index (χ1) is 10.8. The minimum atomic E-state index is -4.19. The van der Waals surface area contributed by atoms with Gasteiger partial charge < -0.3 is 14.8 Å². The van der Waals surface area contributed by atoms with E-state index in [1.807, 2.05) is 0 Å². The zero-order valence-electron chi connectivity index (χ0n) is 14.1. The van der Waals surface area contributed by atoms with Crippen molar-refractivity contribution in [1.82, 2.24) is 5.32 Å². The summed E-state index contributed by atoms with van der Waals surface area (Å²) >= 11 is 0. The molecule has 0 aliphatic carbocycles. The van der Waals surface area contributed by atoms with E-state index in [-0.39, 0.29) is 18.7 Å². The highest BCUT2D eigenvalue weighted by Crippen LogP contribution is 2.33. The molecule has 9 nitrogen and oxygen atoms in total. The molecule has 1 fully saturated rings. The smallest absolute Gasteiger partial charge is 0.348 e. The van der Waals surface area contributed by atoms with E-state index >= 15 is 0 Å². The third kappa shape index (κ3) is 6.08. The number of esters is 2. The molecule has 2 unspecified atom stereocenters. The van der Waals surface area contributed by atoms with E-state index in [4.69, 9.17) is 14.0 Å². The van der Waals surface area contributed by atoms with Crippen LogP contribution in [0, 0.1) is 5.41 Å². The van der Waals surface area contributed by atoms with E-state index in [9.17, 15) is 22.8 Å². The van der Waals surface area contributed by atoms with E-state index in [0.717, 1.165) is 0 Å². The second kappa shape index (κ2) is 7.47. The van der Waals surface area contributed by atoms with Gasteiger partial charge >= 0.3 is 11.9 Å². The minimum Gasteiger partial charge on any atom is -0.448 e. The van der Waals surface area contributed by atoms with Crippen molar-refractivity contribution in [3.63, 3.8) is 0 Å². The van der Waals surface area contributed by atoms with Gasteiger partial charge in [0.25, 0.3) is 10.1 Å². The normalized spacial score (nSPS) is 23.2. The average molecular weight is 365 g/mol. The molecule has 1 saturated heterocycles. The molecular formula is C14H23NO8S. The van der Waals surface area contributed by atoms with Gasteiger partial charge in [-0.05, 0) is 19.8 Å². The van der Waals surface area contributed by atoms with Crippen molar-refractivity contribution >= 4 is 28.0 Å². The number of amides is 1. The molecule has 1 amide bonds. The first kappa shape index (κ1) is 20.4. The summed E-state index contributed by atoms with van der Waals surface area (Å²) in [6.07, 6.45) is -2.05. The quantitative estimate of drug-likeness (QED) is 0.477. The number of hydrogen-bond acceptors (Lipinski definition) is 7. The van der Waals surface area contributed by atoms with Crippen LogP contribution in [0.1, 0.15) is 40.5 Å². The molecule has 0 aromatic carbocycles. The first-order valence-electron chi connectivity index (χ1n) is 7.45. The lowest BCUT2D eigenvalue weighted by Crippen LogP contribution is -2.51. The maximum Gasteiger partial charge on any atom is 0.348 e. The minimum absolute atomic E-state index is 0.0477. The molecule has 138 valence electrons. The van der Waals surface area contributed by atoms with Crippen LogP contribution in [0.3, 0.4) is 0 Å². The predicted molar refractivity (Wildman–Crippen MR) is 82.5 cm³/mol. The van der Waals surface area contributed by atoms with Gasteiger partial charge in [-0.1, -0.05) is 13.8 Å². The zero-order valence-corrected chi connectivity index (χ0v) is 14.9. The summed E-state index contributed by atoms with van der Waals surface area (Å²) in [7, 11) is -4.19. The summed E-state index contributed by atoms with van der Waals surface area (Å²) < 4.78 is 40.8. The Morgan fingerprint density at radius 2 is 1.88 bits per heavy atom. The molecule has 0 spiro atoms. The summed E-state index contributed by atoms with van der Waals surface area (Å²) in [4.78, 5) is 34.9.